The Morgan fingerprint density at radius 3 is 2.22 bits per heavy atom. The molecule has 0 radical (unpaired) electrons. The molecule has 1 aromatic rings. The topological polar surface area (TPSA) is 44.8 Å². The van der Waals surface area contributed by atoms with Crippen molar-refractivity contribution < 1.29 is 23.5 Å². The summed E-state index contributed by atoms with van der Waals surface area (Å²) in [5.41, 5.74) is 0.215. The van der Waals surface area contributed by atoms with Gasteiger partial charge in [-0.1, -0.05) is 17.7 Å². The molecule has 32 heavy (non-hydrogen) atoms. The van der Waals surface area contributed by atoms with Crippen LogP contribution in [-0.2, 0) is 14.3 Å². The summed E-state index contributed by atoms with van der Waals surface area (Å²) in [6.07, 6.45) is 3.66. The summed E-state index contributed by atoms with van der Waals surface area (Å²) in [6, 6.07) is 8.09. The Morgan fingerprint density at radius 1 is 1.00 bits per heavy atom. The van der Waals surface area contributed by atoms with Crippen molar-refractivity contribution in [3.63, 3.8) is 0 Å². The number of carbonyl (C=O) groups is 1. The van der Waals surface area contributed by atoms with E-state index in [0.717, 1.165) is 49.0 Å². The second-order valence-corrected chi connectivity index (χ2v) is 11.9. The molecule has 2 rings (SSSR count). The molecular weight excluding hydrogens is 402 g/mol. The van der Waals surface area contributed by atoms with Crippen LogP contribution >= 0.6 is 0 Å². The minimum atomic E-state index is -0.444. The van der Waals surface area contributed by atoms with E-state index in [2.05, 4.69) is 53.8 Å². The van der Waals surface area contributed by atoms with Crippen LogP contribution in [0.3, 0.4) is 0 Å². The van der Waals surface area contributed by atoms with Gasteiger partial charge in [-0.15, -0.1) is 0 Å². The molecule has 182 valence electrons. The first-order chi connectivity index (χ1) is 14.6. The SMILES string of the molecule is Cc1ccc(OC(C)(C)CCOC(C)(C)CC[N+]2(C)CCCC2C(=O)OC(C)(C)C)cc1. The average Bonchev–Trinajstić information content (AvgIpc) is 3.02. The fraction of sp³-hybridized carbons (Fsp3) is 0.741. The van der Waals surface area contributed by atoms with Crippen LogP contribution in [0.4, 0.5) is 0 Å². The minimum Gasteiger partial charge on any atom is -0.488 e. The maximum absolute atomic E-state index is 12.8. The molecule has 0 bridgehead atoms. The highest BCUT2D eigenvalue weighted by Crippen LogP contribution is 2.30. The number of ether oxygens (including phenoxy) is 3. The van der Waals surface area contributed by atoms with Gasteiger partial charge in [-0.2, -0.15) is 0 Å². The van der Waals surface area contributed by atoms with Gasteiger partial charge in [0, 0.05) is 25.7 Å². The van der Waals surface area contributed by atoms with E-state index in [1.165, 1.54) is 5.56 Å². The molecule has 0 amide bonds. The number of benzene rings is 1. The Hall–Kier alpha value is -1.59. The van der Waals surface area contributed by atoms with E-state index in [0.29, 0.717) is 6.61 Å². The lowest BCUT2D eigenvalue weighted by atomic mass is 10.0. The number of likely N-dealkylation sites (tertiary alicyclic amines) is 1. The van der Waals surface area contributed by atoms with Gasteiger partial charge in [-0.3, -0.25) is 0 Å². The molecule has 0 aromatic heterocycles. The number of likely N-dealkylation sites (N-methyl/N-ethyl adjacent to an activating group) is 1. The number of rotatable bonds is 10. The van der Waals surface area contributed by atoms with Gasteiger partial charge in [0.2, 0.25) is 0 Å². The van der Waals surface area contributed by atoms with E-state index in [9.17, 15) is 4.79 Å². The van der Waals surface area contributed by atoms with E-state index in [1.54, 1.807) is 0 Å². The Kier molecular flexibility index (Phi) is 8.44. The van der Waals surface area contributed by atoms with Crippen LogP contribution in [0.5, 0.6) is 5.75 Å². The fourth-order valence-electron chi connectivity index (χ4n) is 4.27. The van der Waals surface area contributed by atoms with E-state index >= 15 is 0 Å². The summed E-state index contributed by atoms with van der Waals surface area (Å²) in [5, 5.41) is 0. The maximum atomic E-state index is 12.8. The van der Waals surface area contributed by atoms with Crippen molar-refractivity contribution >= 4 is 5.97 Å². The van der Waals surface area contributed by atoms with Crippen molar-refractivity contribution in [1.29, 1.82) is 0 Å². The van der Waals surface area contributed by atoms with Crippen molar-refractivity contribution in [1.82, 2.24) is 0 Å². The van der Waals surface area contributed by atoms with Crippen molar-refractivity contribution in [3.05, 3.63) is 29.8 Å². The fourth-order valence-corrected chi connectivity index (χ4v) is 4.27. The Bertz CT molecular complexity index is 748. The number of quaternary nitrogens is 1. The number of carbonyl (C=O) groups excluding carboxylic acids is 1. The molecule has 0 aliphatic carbocycles. The molecule has 5 heteroatoms. The zero-order valence-electron chi connectivity index (χ0n) is 21.9. The van der Waals surface area contributed by atoms with E-state index < -0.39 is 5.60 Å². The number of hydrogen-bond donors (Lipinski definition) is 0. The molecule has 1 aromatic carbocycles. The second-order valence-electron chi connectivity index (χ2n) is 11.9. The quantitative estimate of drug-likeness (QED) is 0.341. The van der Waals surface area contributed by atoms with Crippen LogP contribution in [0.1, 0.15) is 79.7 Å². The molecule has 1 aliphatic rings. The summed E-state index contributed by atoms with van der Waals surface area (Å²) in [6.45, 7) is 18.9. The molecule has 2 atom stereocenters. The summed E-state index contributed by atoms with van der Waals surface area (Å²) in [4.78, 5) is 12.8. The van der Waals surface area contributed by atoms with Gasteiger partial charge >= 0.3 is 5.97 Å². The zero-order chi connectivity index (χ0) is 24.2. The predicted molar refractivity (Wildman–Crippen MR) is 130 cm³/mol. The first kappa shape index (κ1) is 26.7. The normalized spacial score (nSPS) is 22.1. The predicted octanol–water partition coefficient (Wildman–Crippen LogP) is 5.68. The third-order valence-electron chi connectivity index (χ3n) is 6.41. The molecule has 0 spiro atoms. The third kappa shape index (κ3) is 8.40. The molecule has 5 nitrogen and oxygen atoms in total. The molecule has 2 unspecified atom stereocenters. The van der Waals surface area contributed by atoms with E-state index in [4.69, 9.17) is 14.2 Å². The molecule has 1 aliphatic heterocycles. The smallest absolute Gasteiger partial charge is 0.365 e. The van der Waals surface area contributed by atoms with Crippen LogP contribution < -0.4 is 4.74 Å². The highest BCUT2D eigenvalue weighted by Gasteiger charge is 2.45. The maximum Gasteiger partial charge on any atom is 0.365 e. The van der Waals surface area contributed by atoms with E-state index in [-0.39, 0.29) is 23.2 Å². The summed E-state index contributed by atoms with van der Waals surface area (Å²) in [7, 11) is 2.19. The van der Waals surface area contributed by atoms with Gasteiger partial charge in [0.15, 0.2) is 6.04 Å². The summed E-state index contributed by atoms with van der Waals surface area (Å²) < 4.78 is 18.9. The van der Waals surface area contributed by atoms with Crippen molar-refractivity contribution in [2.24, 2.45) is 0 Å². The Balaban J connectivity index is 1.84. The summed E-state index contributed by atoms with van der Waals surface area (Å²) >= 11 is 0. The highest BCUT2D eigenvalue weighted by molar-refractivity contribution is 5.75. The summed E-state index contributed by atoms with van der Waals surface area (Å²) in [5.74, 6) is 0.825. The van der Waals surface area contributed by atoms with Crippen LogP contribution in [-0.4, -0.2) is 60.0 Å². The van der Waals surface area contributed by atoms with Gasteiger partial charge in [-0.25, -0.2) is 4.79 Å². The number of esters is 1. The van der Waals surface area contributed by atoms with Crippen LogP contribution in [0.15, 0.2) is 24.3 Å². The van der Waals surface area contributed by atoms with Crippen LogP contribution in [0.25, 0.3) is 0 Å². The first-order valence-corrected chi connectivity index (χ1v) is 12.1. The number of aryl methyl sites for hydroxylation is 1. The Morgan fingerprint density at radius 2 is 1.62 bits per heavy atom. The minimum absolute atomic E-state index is 0.0637. The second kappa shape index (κ2) is 10.1. The van der Waals surface area contributed by atoms with Crippen LogP contribution in [0.2, 0.25) is 0 Å². The van der Waals surface area contributed by atoms with Crippen molar-refractivity contribution in [3.8, 4) is 5.75 Å². The van der Waals surface area contributed by atoms with Gasteiger partial charge in [-0.05, 0) is 67.5 Å². The van der Waals surface area contributed by atoms with Gasteiger partial charge in [0.25, 0.3) is 0 Å². The number of hydrogen-bond acceptors (Lipinski definition) is 4. The molecule has 1 fully saturated rings. The monoisotopic (exact) mass is 448 g/mol. The Labute approximate surface area is 196 Å². The van der Waals surface area contributed by atoms with Crippen molar-refractivity contribution in [2.75, 3.05) is 26.7 Å². The highest BCUT2D eigenvalue weighted by atomic mass is 16.6. The lowest BCUT2D eigenvalue weighted by Crippen LogP contribution is -2.54. The lowest BCUT2D eigenvalue weighted by molar-refractivity contribution is -0.914. The van der Waals surface area contributed by atoms with Gasteiger partial charge in [0.05, 0.1) is 32.3 Å². The zero-order valence-corrected chi connectivity index (χ0v) is 21.9. The third-order valence-corrected chi connectivity index (χ3v) is 6.41. The number of nitrogens with zero attached hydrogens (tertiary/aromatic N) is 1. The van der Waals surface area contributed by atoms with Gasteiger partial charge < -0.3 is 18.7 Å². The van der Waals surface area contributed by atoms with Crippen molar-refractivity contribution in [2.45, 2.75) is 104 Å². The first-order valence-electron chi connectivity index (χ1n) is 12.1. The average molecular weight is 449 g/mol. The lowest BCUT2D eigenvalue weighted by Gasteiger charge is -2.38. The van der Waals surface area contributed by atoms with Crippen LogP contribution in [0, 0.1) is 6.92 Å². The molecule has 0 N–H and O–H groups in total. The standard InChI is InChI=1S/C27H46NO4/c1-21-12-14-22(15-13-21)31-27(7,8)17-20-30-26(5,6)16-19-28(9)18-10-11-23(28)24(29)32-25(2,3)4/h12-15,23H,10-11,16-20H2,1-9H3/q+1. The molecule has 1 saturated heterocycles. The molecule has 1 heterocycles. The largest absolute Gasteiger partial charge is 0.488 e. The van der Waals surface area contributed by atoms with E-state index in [1.807, 2.05) is 32.9 Å². The van der Waals surface area contributed by atoms with Gasteiger partial charge in [0.1, 0.15) is 17.0 Å². The molecular formula is C27H46NO4+. The molecule has 0 saturated carbocycles.